The van der Waals surface area contributed by atoms with E-state index in [4.69, 9.17) is 12.2 Å². The van der Waals surface area contributed by atoms with Gasteiger partial charge in [0.15, 0.2) is 9.84 Å². The van der Waals surface area contributed by atoms with Crippen LogP contribution < -0.4 is 27.0 Å². The molecule has 310 valence electrons. The number of carbonyl (C=O) groups is 6. The average Bonchev–Trinajstić information content (AvgIpc) is 3.84. The monoisotopic (exact) mass is 811 g/mol. The van der Waals surface area contributed by atoms with Crippen LogP contribution in [0, 0.1) is 18.3 Å². The van der Waals surface area contributed by atoms with Gasteiger partial charge in [0.05, 0.1) is 35.4 Å². The molecule has 1 saturated carbocycles. The van der Waals surface area contributed by atoms with Gasteiger partial charge in [-0.25, -0.2) is 17.9 Å². The Bertz CT molecular complexity index is 1930. The zero-order chi connectivity index (χ0) is 41.9. The number of ketones is 1. The molecule has 0 radical (unpaired) electrons. The number of likely N-dealkylation sites (tertiary alicyclic amines) is 1. The van der Waals surface area contributed by atoms with Crippen molar-refractivity contribution in [3.8, 4) is 12.3 Å². The fraction of sp³-hybridized carbons (Fsp3) is 0.579. The fourth-order valence-corrected chi connectivity index (χ4v) is 7.92. The smallest absolute Gasteiger partial charge is 0.315 e. The number of nitrogens with two attached hydrogens (primary N) is 1. The van der Waals surface area contributed by atoms with Crippen LogP contribution in [0.15, 0.2) is 35.4 Å². The van der Waals surface area contributed by atoms with E-state index in [0.717, 1.165) is 38.4 Å². The number of unbranched alkanes of at least 4 members (excludes halogenated alkanes) is 1. The number of hydrogen-bond acceptors (Lipinski definition) is 11. The predicted octanol–water partition coefficient (Wildman–Crippen LogP) is 0.462. The number of nitrogens with one attached hydrogen (secondary N) is 4. The summed E-state index contributed by atoms with van der Waals surface area (Å²) in [4.78, 5) is 80.8. The highest BCUT2D eigenvalue weighted by Gasteiger charge is 2.45. The molecule has 2 heterocycles. The van der Waals surface area contributed by atoms with Gasteiger partial charge in [-0.05, 0) is 69.7 Å². The maximum atomic E-state index is 14.7. The van der Waals surface area contributed by atoms with Crippen molar-refractivity contribution in [2.24, 2.45) is 11.7 Å². The second-order valence-corrected chi connectivity index (χ2v) is 17.2. The molecule has 1 aliphatic heterocycles. The zero-order valence-electron chi connectivity index (χ0n) is 32.5. The first-order chi connectivity index (χ1) is 26.9. The van der Waals surface area contributed by atoms with E-state index >= 15 is 0 Å². The van der Waals surface area contributed by atoms with Crippen molar-refractivity contribution in [2.75, 3.05) is 25.9 Å². The standard InChI is InChI=1S/C38H53N9O9S/c1-5-18-40-37(53)41-19-10-9-13-28(32(48)33(39)49)43-35(51)30-21-26(47-31(22-42-45-47)38(2,3)54)23-46(30)36(52)29(20-24-11-7-6-8-12-24)44-34(50)25-14-16-27(17-15-25)57(4,55)56/h1,14-17,22,24,26,28-30,54H,6-13,18-21,23H2,2-4H3,(H2,39,49)(H,43,51)(H,44,50)(H2,40,41,53)/t26-,28?,29+,30-/m0/s1. The number of nitrogens with zero attached hydrogens (tertiary/aromatic N) is 4. The minimum atomic E-state index is -3.52. The van der Waals surface area contributed by atoms with Gasteiger partial charge >= 0.3 is 6.03 Å². The maximum absolute atomic E-state index is 14.7. The molecule has 57 heavy (non-hydrogen) atoms. The molecule has 2 aromatic rings. The Hall–Kier alpha value is -5.35. The number of amides is 6. The van der Waals surface area contributed by atoms with Crippen LogP contribution >= 0.6 is 0 Å². The molecule has 1 aromatic carbocycles. The summed E-state index contributed by atoms with van der Waals surface area (Å²) in [6.45, 7) is 3.26. The van der Waals surface area contributed by atoms with Crippen LogP contribution in [0.3, 0.4) is 0 Å². The first-order valence-corrected chi connectivity index (χ1v) is 20.9. The number of primary amides is 1. The van der Waals surface area contributed by atoms with E-state index in [2.05, 4.69) is 37.5 Å². The predicted molar refractivity (Wildman–Crippen MR) is 207 cm³/mol. The van der Waals surface area contributed by atoms with Gasteiger partial charge in [0.2, 0.25) is 17.6 Å². The van der Waals surface area contributed by atoms with E-state index in [0.29, 0.717) is 18.5 Å². The molecule has 2 fully saturated rings. The van der Waals surface area contributed by atoms with Gasteiger partial charge in [-0.1, -0.05) is 43.2 Å². The molecule has 7 N–H and O–H groups in total. The summed E-state index contributed by atoms with van der Waals surface area (Å²) in [6.07, 6.45) is 13.2. The molecule has 1 saturated heterocycles. The number of benzene rings is 1. The van der Waals surface area contributed by atoms with E-state index in [1.54, 1.807) is 13.8 Å². The lowest BCUT2D eigenvalue weighted by molar-refractivity contribution is -0.142. The molecule has 6 amide bonds. The van der Waals surface area contributed by atoms with Crippen molar-refractivity contribution in [3.05, 3.63) is 41.7 Å². The number of aromatic nitrogens is 3. The number of terminal acetylenes is 1. The fourth-order valence-electron chi connectivity index (χ4n) is 7.29. The maximum Gasteiger partial charge on any atom is 0.315 e. The Morgan fingerprint density at radius 3 is 2.32 bits per heavy atom. The number of Topliss-reactive ketones (excluding diaryl/α,β-unsaturated/α-hetero) is 1. The first kappa shape index (κ1) is 44.4. The van der Waals surface area contributed by atoms with E-state index in [1.807, 2.05) is 0 Å². The molecule has 1 aromatic heterocycles. The zero-order valence-corrected chi connectivity index (χ0v) is 33.3. The summed E-state index contributed by atoms with van der Waals surface area (Å²) in [7, 11) is -3.52. The van der Waals surface area contributed by atoms with E-state index in [1.165, 1.54) is 40.0 Å². The summed E-state index contributed by atoms with van der Waals surface area (Å²) in [5.41, 5.74) is 4.42. The molecule has 0 bridgehead atoms. The number of carbonyl (C=O) groups excluding carboxylic acids is 6. The van der Waals surface area contributed by atoms with Crippen LogP contribution in [0.5, 0.6) is 0 Å². The van der Waals surface area contributed by atoms with Crippen molar-refractivity contribution >= 4 is 45.3 Å². The van der Waals surface area contributed by atoms with Crippen LogP contribution in [0.4, 0.5) is 4.79 Å². The highest BCUT2D eigenvalue weighted by Crippen LogP contribution is 2.33. The molecule has 19 heteroatoms. The Labute approximate surface area is 332 Å². The van der Waals surface area contributed by atoms with Crippen molar-refractivity contribution < 1.29 is 42.3 Å². The molecule has 4 atom stereocenters. The number of rotatable bonds is 18. The number of hydrogen-bond donors (Lipinski definition) is 6. The molecule has 1 unspecified atom stereocenters. The SMILES string of the molecule is C#CCNC(=O)NCCCCC(NC(=O)[C@@H]1C[C@H](n2nncc2C(C)(C)O)CN1C(=O)[C@@H](CC1CCCCC1)NC(=O)c1ccc(S(C)(=O)=O)cc1)C(=O)C(N)=O. The Balaban J connectivity index is 1.62. The normalized spacial score (nSPS) is 18.5. The topological polar surface area (TPSA) is 265 Å². The third-order valence-electron chi connectivity index (χ3n) is 10.3. The van der Waals surface area contributed by atoms with Crippen LogP contribution in [0.25, 0.3) is 0 Å². The second-order valence-electron chi connectivity index (χ2n) is 15.2. The van der Waals surface area contributed by atoms with Crippen molar-refractivity contribution in [2.45, 2.75) is 113 Å². The summed E-state index contributed by atoms with van der Waals surface area (Å²) in [5, 5.41) is 29.6. The quantitative estimate of drug-likeness (QED) is 0.0684. The lowest BCUT2D eigenvalue weighted by Gasteiger charge is -2.32. The molecular weight excluding hydrogens is 759 g/mol. The minimum absolute atomic E-state index is 0.00429. The van der Waals surface area contributed by atoms with Crippen LogP contribution in [0.1, 0.15) is 100 Å². The number of urea groups is 1. The van der Waals surface area contributed by atoms with Crippen LogP contribution in [0.2, 0.25) is 0 Å². The van der Waals surface area contributed by atoms with E-state index in [-0.39, 0.29) is 55.3 Å². The first-order valence-electron chi connectivity index (χ1n) is 19.0. The van der Waals surface area contributed by atoms with Gasteiger partial charge in [-0.2, -0.15) is 0 Å². The third kappa shape index (κ3) is 12.3. The number of aliphatic hydroxyl groups is 1. The highest BCUT2D eigenvalue weighted by atomic mass is 32.2. The summed E-state index contributed by atoms with van der Waals surface area (Å²) in [6, 6.07) is 0.543. The van der Waals surface area contributed by atoms with Gasteiger partial charge in [-0.3, -0.25) is 24.0 Å². The van der Waals surface area contributed by atoms with Crippen molar-refractivity contribution in [1.82, 2.24) is 41.2 Å². The number of sulfone groups is 1. The molecule has 18 nitrogen and oxygen atoms in total. The van der Waals surface area contributed by atoms with Gasteiger partial charge in [0.1, 0.15) is 17.7 Å². The van der Waals surface area contributed by atoms with Gasteiger partial charge < -0.3 is 37.0 Å². The molecule has 2 aliphatic rings. The van der Waals surface area contributed by atoms with Gasteiger partial charge in [-0.15, -0.1) is 11.5 Å². The van der Waals surface area contributed by atoms with Gasteiger partial charge in [0, 0.05) is 31.3 Å². The lowest BCUT2D eigenvalue weighted by atomic mass is 9.84. The minimum Gasteiger partial charge on any atom is -0.384 e. The second kappa shape index (κ2) is 19.7. The van der Waals surface area contributed by atoms with Crippen molar-refractivity contribution in [1.29, 1.82) is 0 Å². The summed E-state index contributed by atoms with van der Waals surface area (Å²) < 4.78 is 25.5. The Kier molecular flexibility index (Phi) is 15.3. The van der Waals surface area contributed by atoms with E-state index < -0.39 is 75.0 Å². The summed E-state index contributed by atoms with van der Waals surface area (Å²) >= 11 is 0. The Morgan fingerprint density at radius 1 is 1.02 bits per heavy atom. The largest absolute Gasteiger partial charge is 0.384 e. The molecular formula is C38H53N9O9S. The Morgan fingerprint density at radius 2 is 1.70 bits per heavy atom. The average molecular weight is 812 g/mol. The van der Waals surface area contributed by atoms with E-state index in [9.17, 15) is 42.3 Å². The molecule has 1 aliphatic carbocycles. The van der Waals surface area contributed by atoms with Crippen LogP contribution in [-0.2, 0) is 34.6 Å². The van der Waals surface area contributed by atoms with Crippen LogP contribution in [-0.4, -0.2) is 113 Å². The summed E-state index contributed by atoms with van der Waals surface area (Å²) in [5.74, 6) is -1.86. The highest BCUT2D eigenvalue weighted by molar-refractivity contribution is 7.90. The molecule has 4 rings (SSSR count). The third-order valence-corrected chi connectivity index (χ3v) is 11.4. The molecule has 0 spiro atoms. The van der Waals surface area contributed by atoms with Gasteiger partial charge in [0.25, 0.3) is 11.8 Å². The lowest BCUT2D eigenvalue weighted by Crippen LogP contribution is -2.56. The van der Waals surface area contributed by atoms with Crippen molar-refractivity contribution in [3.63, 3.8) is 0 Å².